The van der Waals surface area contributed by atoms with E-state index in [4.69, 9.17) is 0 Å². The number of likely N-dealkylation sites (N-methyl/N-ethyl adjacent to an activating group) is 1. The predicted octanol–water partition coefficient (Wildman–Crippen LogP) is 3.30. The fraction of sp³-hybridized carbons (Fsp3) is 0.450. The van der Waals surface area contributed by atoms with Crippen LogP contribution in [0.3, 0.4) is 0 Å². The van der Waals surface area contributed by atoms with Gasteiger partial charge in [-0.3, -0.25) is 9.69 Å². The second kappa shape index (κ2) is 8.73. The van der Waals surface area contributed by atoms with Gasteiger partial charge in [0.15, 0.2) is 0 Å². The summed E-state index contributed by atoms with van der Waals surface area (Å²) in [4.78, 5) is 16.1. The molecule has 2 heterocycles. The Bertz CT molecular complexity index is 916. The third-order valence-corrected chi connectivity index (χ3v) is 8.15. The molecule has 1 aromatic heterocycles. The number of carbonyl (C=O) groups excluding carboxylic acids is 1. The SMILES string of the molecule is Cc1ccsc1CN(C)[C@H](C)C(=O)Nc1ccc(S(=O)(=O)N2CCCC2)cc1. The first-order chi connectivity index (χ1) is 13.3. The van der Waals surface area contributed by atoms with Gasteiger partial charge >= 0.3 is 0 Å². The zero-order valence-corrected chi connectivity index (χ0v) is 18.1. The quantitative estimate of drug-likeness (QED) is 0.745. The van der Waals surface area contributed by atoms with Crippen LogP contribution in [0.4, 0.5) is 5.69 Å². The molecule has 0 bridgehead atoms. The standard InChI is InChI=1S/C20H27N3O3S2/c1-15-10-13-27-19(15)14-22(3)16(2)20(24)21-17-6-8-18(9-7-17)28(25,26)23-11-4-5-12-23/h6-10,13,16H,4-5,11-12,14H2,1-3H3,(H,21,24)/t16-/m1/s1. The molecule has 1 amide bonds. The van der Waals surface area contributed by atoms with E-state index in [0.717, 1.165) is 12.8 Å². The highest BCUT2D eigenvalue weighted by Gasteiger charge is 2.27. The molecule has 2 aromatic rings. The van der Waals surface area contributed by atoms with Crippen LogP contribution in [0.5, 0.6) is 0 Å². The summed E-state index contributed by atoms with van der Waals surface area (Å²) in [6.45, 7) is 5.81. The zero-order valence-electron chi connectivity index (χ0n) is 16.5. The smallest absolute Gasteiger partial charge is 0.243 e. The largest absolute Gasteiger partial charge is 0.325 e. The maximum absolute atomic E-state index is 12.6. The Morgan fingerprint density at radius 3 is 2.43 bits per heavy atom. The van der Waals surface area contributed by atoms with Crippen molar-refractivity contribution in [3.05, 3.63) is 46.2 Å². The molecule has 0 unspecified atom stereocenters. The van der Waals surface area contributed by atoms with Crippen LogP contribution in [-0.2, 0) is 21.4 Å². The average Bonchev–Trinajstić information content (AvgIpc) is 3.34. The third-order valence-electron chi connectivity index (χ3n) is 5.23. The molecular weight excluding hydrogens is 394 g/mol. The van der Waals surface area contributed by atoms with Crippen LogP contribution in [0.25, 0.3) is 0 Å². The van der Waals surface area contributed by atoms with Crippen molar-refractivity contribution in [2.45, 2.75) is 44.2 Å². The van der Waals surface area contributed by atoms with Crippen molar-refractivity contribution in [1.29, 1.82) is 0 Å². The molecule has 1 N–H and O–H groups in total. The number of hydrogen-bond donors (Lipinski definition) is 1. The van der Waals surface area contributed by atoms with Gasteiger partial charge in [-0.25, -0.2) is 8.42 Å². The van der Waals surface area contributed by atoms with E-state index in [1.807, 2.05) is 18.9 Å². The summed E-state index contributed by atoms with van der Waals surface area (Å²) in [7, 11) is -1.51. The fourth-order valence-electron chi connectivity index (χ4n) is 3.16. The highest BCUT2D eigenvalue weighted by molar-refractivity contribution is 7.89. The van der Waals surface area contributed by atoms with E-state index in [0.29, 0.717) is 25.3 Å². The van der Waals surface area contributed by atoms with Crippen LogP contribution < -0.4 is 5.32 Å². The molecule has 0 saturated carbocycles. The fourth-order valence-corrected chi connectivity index (χ4v) is 5.65. The van der Waals surface area contributed by atoms with Crippen molar-refractivity contribution in [3.63, 3.8) is 0 Å². The molecule has 1 atom stereocenters. The van der Waals surface area contributed by atoms with E-state index >= 15 is 0 Å². The summed E-state index contributed by atoms with van der Waals surface area (Å²) in [6.07, 6.45) is 1.81. The number of benzene rings is 1. The second-order valence-electron chi connectivity index (χ2n) is 7.24. The number of amides is 1. The molecule has 152 valence electrons. The first kappa shape index (κ1) is 21.0. The van der Waals surface area contributed by atoms with Gasteiger partial charge in [-0.15, -0.1) is 11.3 Å². The van der Waals surface area contributed by atoms with E-state index in [-0.39, 0.29) is 16.8 Å². The van der Waals surface area contributed by atoms with Crippen molar-refractivity contribution in [2.24, 2.45) is 0 Å². The Hall–Kier alpha value is -1.74. The van der Waals surface area contributed by atoms with Crippen LogP contribution in [0.15, 0.2) is 40.6 Å². The first-order valence-electron chi connectivity index (χ1n) is 9.43. The molecule has 0 spiro atoms. The molecular formula is C20H27N3O3S2. The minimum absolute atomic E-state index is 0.119. The van der Waals surface area contributed by atoms with Crippen molar-refractivity contribution >= 4 is 33.0 Å². The van der Waals surface area contributed by atoms with Gasteiger partial charge in [-0.2, -0.15) is 4.31 Å². The molecule has 1 fully saturated rings. The number of nitrogens with zero attached hydrogens (tertiary/aromatic N) is 2. The number of nitrogens with one attached hydrogen (secondary N) is 1. The number of aryl methyl sites for hydroxylation is 1. The number of thiophene rings is 1. The normalized spacial score (nSPS) is 16.4. The minimum Gasteiger partial charge on any atom is -0.325 e. The number of hydrogen-bond acceptors (Lipinski definition) is 5. The molecule has 1 aliphatic heterocycles. The predicted molar refractivity (Wildman–Crippen MR) is 113 cm³/mol. The molecule has 1 saturated heterocycles. The van der Waals surface area contributed by atoms with Gasteiger partial charge in [-0.1, -0.05) is 0 Å². The van der Waals surface area contributed by atoms with E-state index in [1.165, 1.54) is 14.7 Å². The Kier molecular flexibility index (Phi) is 6.54. The molecule has 1 aromatic carbocycles. The lowest BCUT2D eigenvalue weighted by atomic mass is 10.2. The van der Waals surface area contributed by atoms with Crippen molar-refractivity contribution in [1.82, 2.24) is 9.21 Å². The monoisotopic (exact) mass is 421 g/mol. The van der Waals surface area contributed by atoms with E-state index < -0.39 is 10.0 Å². The molecule has 0 aliphatic carbocycles. The maximum atomic E-state index is 12.6. The van der Waals surface area contributed by atoms with Gasteiger partial charge in [0.1, 0.15) is 0 Å². The van der Waals surface area contributed by atoms with Gasteiger partial charge in [-0.05, 0) is 75.0 Å². The van der Waals surface area contributed by atoms with Gasteiger partial charge in [0.05, 0.1) is 10.9 Å². The van der Waals surface area contributed by atoms with E-state index in [2.05, 4.69) is 23.7 Å². The Balaban J connectivity index is 1.61. The minimum atomic E-state index is -3.43. The Morgan fingerprint density at radius 1 is 1.21 bits per heavy atom. The Morgan fingerprint density at radius 2 is 1.86 bits per heavy atom. The maximum Gasteiger partial charge on any atom is 0.243 e. The average molecular weight is 422 g/mol. The number of anilines is 1. The lowest BCUT2D eigenvalue weighted by molar-refractivity contribution is -0.120. The van der Waals surface area contributed by atoms with Crippen LogP contribution >= 0.6 is 11.3 Å². The van der Waals surface area contributed by atoms with E-state index in [9.17, 15) is 13.2 Å². The number of carbonyl (C=O) groups is 1. The van der Waals surface area contributed by atoms with Crippen LogP contribution in [0.1, 0.15) is 30.2 Å². The summed E-state index contributed by atoms with van der Waals surface area (Å²) >= 11 is 1.69. The van der Waals surface area contributed by atoms with Crippen molar-refractivity contribution in [2.75, 3.05) is 25.5 Å². The molecule has 8 heteroatoms. The molecule has 3 rings (SSSR count). The second-order valence-corrected chi connectivity index (χ2v) is 10.2. The van der Waals surface area contributed by atoms with Gasteiger partial charge in [0.25, 0.3) is 0 Å². The van der Waals surface area contributed by atoms with E-state index in [1.54, 1.807) is 35.6 Å². The number of sulfonamides is 1. The van der Waals surface area contributed by atoms with Crippen LogP contribution in [-0.4, -0.2) is 49.7 Å². The zero-order chi connectivity index (χ0) is 20.3. The number of rotatable bonds is 7. The topological polar surface area (TPSA) is 69.7 Å². The lowest BCUT2D eigenvalue weighted by Crippen LogP contribution is -2.39. The summed E-state index contributed by atoms with van der Waals surface area (Å²) in [5.41, 5.74) is 1.83. The first-order valence-corrected chi connectivity index (χ1v) is 11.8. The van der Waals surface area contributed by atoms with Gasteiger partial charge in [0.2, 0.25) is 15.9 Å². The van der Waals surface area contributed by atoms with Crippen molar-refractivity contribution in [3.8, 4) is 0 Å². The van der Waals surface area contributed by atoms with Gasteiger partial charge < -0.3 is 5.32 Å². The summed E-state index contributed by atoms with van der Waals surface area (Å²) in [6, 6.07) is 8.19. The molecule has 0 radical (unpaired) electrons. The molecule has 28 heavy (non-hydrogen) atoms. The van der Waals surface area contributed by atoms with Crippen molar-refractivity contribution < 1.29 is 13.2 Å². The van der Waals surface area contributed by atoms with Crippen LogP contribution in [0, 0.1) is 6.92 Å². The summed E-state index contributed by atoms with van der Waals surface area (Å²) < 4.78 is 26.7. The highest BCUT2D eigenvalue weighted by atomic mass is 32.2. The lowest BCUT2D eigenvalue weighted by Gasteiger charge is -2.23. The molecule has 1 aliphatic rings. The van der Waals surface area contributed by atoms with Crippen LogP contribution in [0.2, 0.25) is 0 Å². The summed E-state index contributed by atoms with van der Waals surface area (Å²) in [5, 5.41) is 4.94. The third kappa shape index (κ3) is 4.63. The Labute approximate surface area is 171 Å². The highest BCUT2D eigenvalue weighted by Crippen LogP contribution is 2.23. The van der Waals surface area contributed by atoms with Gasteiger partial charge in [0, 0.05) is 30.2 Å². The molecule has 6 nitrogen and oxygen atoms in total. The summed E-state index contributed by atoms with van der Waals surface area (Å²) in [5.74, 6) is -0.119.